The zero-order chi connectivity index (χ0) is 19.3. The molecular formula is C16H17ClN4O3S3. The number of rotatable bonds is 5. The van der Waals surface area contributed by atoms with E-state index >= 15 is 0 Å². The molecule has 3 rings (SSSR count). The van der Waals surface area contributed by atoms with E-state index in [0.29, 0.717) is 37.0 Å². The van der Waals surface area contributed by atoms with Gasteiger partial charge in [-0.1, -0.05) is 17.7 Å². The first-order valence-electron chi connectivity index (χ1n) is 7.98. The molecule has 1 saturated heterocycles. The molecule has 0 radical (unpaired) electrons. The van der Waals surface area contributed by atoms with Crippen LogP contribution in [0.25, 0.3) is 0 Å². The van der Waals surface area contributed by atoms with Crippen LogP contribution in [0, 0.1) is 0 Å². The van der Waals surface area contributed by atoms with E-state index in [4.69, 9.17) is 28.6 Å². The number of ether oxygens (including phenoxy) is 1. The average molecular weight is 445 g/mol. The molecule has 11 heteroatoms. The maximum absolute atomic E-state index is 12.8. The number of anilines is 1. The number of hydrazone groups is 1. The summed E-state index contributed by atoms with van der Waals surface area (Å²) in [6, 6.07) is 8.30. The third-order valence-corrected chi connectivity index (χ3v) is 6.92. The summed E-state index contributed by atoms with van der Waals surface area (Å²) in [7, 11) is -3.62. The molecule has 0 saturated carbocycles. The first-order chi connectivity index (χ1) is 13.0. The number of nitrogens with one attached hydrogen (secondary N) is 2. The Bertz CT molecular complexity index is 926. The molecule has 7 nitrogen and oxygen atoms in total. The number of sulfonamides is 1. The number of morpholine rings is 1. The van der Waals surface area contributed by atoms with Gasteiger partial charge < -0.3 is 10.1 Å². The quantitative estimate of drug-likeness (QED) is 0.419. The van der Waals surface area contributed by atoms with Crippen LogP contribution in [0.15, 0.2) is 45.7 Å². The Labute approximate surface area is 172 Å². The molecule has 0 bridgehead atoms. The van der Waals surface area contributed by atoms with Crippen molar-refractivity contribution in [1.29, 1.82) is 0 Å². The summed E-state index contributed by atoms with van der Waals surface area (Å²) in [6.07, 6.45) is 1.64. The van der Waals surface area contributed by atoms with Gasteiger partial charge in [-0.3, -0.25) is 5.43 Å². The molecule has 0 unspecified atom stereocenters. The molecular weight excluding hydrogens is 428 g/mol. The van der Waals surface area contributed by atoms with E-state index in [9.17, 15) is 8.42 Å². The van der Waals surface area contributed by atoms with Crippen LogP contribution >= 0.6 is 35.2 Å². The van der Waals surface area contributed by atoms with Gasteiger partial charge in [0.15, 0.2) is 5.11 Å². The van der Waals surface area contributed by atoms with Crippen molar-refractivity contribution < 1.29 is 13.2 Å². The summed E-state index contributed by atoms with van der Waals surface area (Å²) in [6.45, 7) is 1.42. The van der Waals surface area contributed by atoms with E-state index in [2.05, 4.69) is 15.8 Å². The van der Waals surface area contributed by atoms with Crippen LogP contribution in [-0.2, 0) is 14.8 Å². The van der Waals surface area contributed by atoms with Gasteiger partial charge in [-0.15, -0.1) is 11.3 Å². The molecule has 144 valence electrons. The minimum Gasteiger partial charge on any atom is -0.379 e. The smallest absolute Gasteiger partial charge is 0.243 e. The summed E-state index contributed by atoms with van der Waals surface area (Å²) in [5.74, 6) is 0. The molecule has 2 heterocycles. The fourth-order valence-electron chi connectivity index (χ4n) is 2.37. The predicted molar refractivity (Wildman–Crippen MR) is 112 cm³/mol. The van der Waals surface area contributed by atoms with Crippen molar-refractivity contribution in [2.45, 2.75) is 4.90 Å². The SMILES string of the molecule is O=S(=O)(c1ccc(Cl)c(NC(=S)N/N=C/c2cccs2)c1)N1CCOCC1. The third kappa shape index (κ3) is 5.24. The van der Waals surface area contributed by atoms with E-state index < -0.39 is 10.0 Å². The van der Waals surface area contributed by atoms with E-state index in [1.54, 1.807) is 17.6 Å². The van der Waals surface area contributed by atoms with Gasteiger partial charge >= 0.3 is 0 Å². The largest absolute Gasteiger partial charge is 0.379 e. The average Bonchev–Trinajstić information content (AvgIpc) is 3.17. The molecule has 1 aromatic heterocycles. The number of thiocarbonyl (C=S) groups is 1. The number of hydrogen-bond donors (Lipinski definition) is 2. The molecule has 0 atom stereocenters. The van der Waals surface area contributed by atoms with Crippen molar-refractivity contribution in [2.75, 3.05) is 31.6 Å². The summed E-state index contributed by atoms with van der Waals surface area (Å²) in [5.41, 5.74) is 3.06. The fourth-order valence-corrected chi connectivity index (χ4v) is 4.71. The lowest BCUT2D eigenvalue weighted by Gasteiger charge is -2.26. The van der Waals surface area contributed by atoms with Gasteiger partial charge in [-0.2, -0.15) is 9.41 Å². The molecule has 1 aromatic carbocycles. The Morgan fingerprint density at radius 2 is 2.11 bits per heavy atom. The third-order valence-electron chi connectivity index (χ3n) is 3.69. The predicted octanol–water partition coefficient (Wildman–Crippen LogP) is 2.74. The highest BCUT2D eigenvalue weighted by molar-refractivity contribution is 7.89. The number of hydrogen-bond acceptors (Lipinski definition) is 6. The molecule has 2 aromatic rings. The minimum absolute atomic E-state index is 0.140. The lowest BCUT2D eigenvalue weighted by Crippen LogP contribution is -2.40. The zero-order valence-electron chi connectivity index (χ0n) is 14.1. The number of thiophene rings is 1. The molecule has 1 aliphatic rings. The standard InChI is InChI=1S/C16H17ClN4O3S3/c17-14-4-3-13(27(22,23)21-5-7-24-8-6-21)10-15(14)19-16(25)20-18-11-12-2-1-9-26-12/h1-4,9-11H,5-8H2,(H2,19,20,25)/b18-11+. The lowest BCUT2D eigenvalue weighted by molar-refractivity contribution is 0.0730. The minimum atomic E-state index is -3.62. The van der Waals surface area contributed by atoms with Crippen LogP contribution in [0.1, 0.15) is 4.88 Å². The van der Waals surface area contributed by atoms with E-state index in [1.165, 1.54) is 22.5 Å². The van der Waals surface area contributed by atoms with Gasteiger partial charge in [-0.25, -0.2) is 8.42 Å². The van der Waals surface area contributed by atoms with Crippen LogP contribution in [0.5, 0.6) is 0 Å². The summed E-state index contributed by atoms with van der Waals surface area (Å²) >= 11 is 12.9. The van der Waals surface area contributed by atoms with E-state index in [-0.39, 0.29) is 10.0 Å². The van der Waals surface area contributed by atoms with Gasteiger partial charge in [0, 0.05) is 18.0 Å². The summed E-state index contributed by atoms with van der Waals surface area (Å²) in [4.78, 5) is 1.11. The number of halogens is 1. The van der Waals surface area contributed by atoms with Crippen LogP contribution in [0.2, 0.25) is 5.02 Å². The Morgan fingerprint density at radius 3 is 2.81 bits per heavy atom. The second kappa shape index (κ2) is 9.09. The second-order valence-corrected chi connectivity index (χ2v) is 9.23. The Hall–Kier alpha value is -1.56. The Morgan fingerprint density at radius 1 is 1.33 bits per heavy atom. The van der Waals surface area contributed by atoms with Crippen LogP contribution in [-0.4, -0.2) is 50.4 Å². The maximum Gasteiger partial charge on any atom is 0.243 e. The molecule has 0 spiro atoms. The first-order valence-corrected chi connectivity index (χ1v) is 11.1. The van der Waals surface area contributed by atoms with Crippen LogP contribution in [0.4, 0.5) is 5.69 Å². The monoisotopic (exact) mass is 444 g/mol. The van der Waals surface area contributed by atoms with E-state index in [1.807, 2.05) is 17.5 Å². The van der Waals surface area contributed by atoms with Gasteiger partial charge in [0.2, 0.25) is 10.0 Å². The van der Waals surface area contributed by atoms with Crippen molar-refractivity contribution >= 4 is 62.2 Å². The number of benzene rings is 1. The van der Waals surface area contributed by atoms with Crippen molar-refractivity contribution in [2.24, 2.45) is 5.10 Å². The Kier molecular flexibility index (Phi) is 6.79. The molecule has 1 aliphatic heterocycles. The van der Waals surface area contributed by atoms with Gasteiger partial charge in [0.05, 0.1) is 35.0 Å². The van der Waals surface area contributed by atoms with Crippen LogP contribution in [0.3, 0.4) is 0 Å². The molecule has 1 fully saturated rings. The molecule has 0 aliphatic carbocycles. The van der Waals surface area contributed by atoms with Crippen molar-refractivity contribution in [3.8, 4) is 0 Å². The Balaban J connectivity index is 1.70. The highest BCUT2D eigenvalue weighted by atomic mass is 35.5. The van der Waals surface area contributed by atoms with Crippen LogP contribution < -0.4 is 10.7 Å². The topological polar surface area (TPSA) is 83.0 Å². The van der Waals surface area contributed by atoms with Crippen molar-refractivity contribution in [3.63, 3.8) is 0 Å². The molecule has 2 N–H and O–H groups in total. The normalized spacial score (nSPS) is 15.7. The summed E-state index contributed by atoms with van der Waals surface area (Å²) < 4.78 is 32.1. The zero-order valence-corrected chi connectivity index (χ0v) is 17.3. The van der Waals surface area contributed by atoms with Crippen molar-refractivity contribution in [1.82, 2.24) is 9.73 Å². The molecule has 0 amide bonds. The summed E-state index contributed by atoms with van der Waals surface area (Å²) in [5, 5.41) is 9.40. The lowest BCUT2D eigenvalue weighted by atomic mass is 10.3. The first kappa shape index (κ1) is 20.2. The highest BCUT2D eigenvalue weighted by Crippen LogP contribution is 2.27. The fraction of sp³-hybridized carbons (Fsp3) is 0.250. The molecule has 27 heavy (non-hydrogen) atoms. The van der Waals surface area contributed by atoms with Crippen molar-refractivity contribution in [3.05, 3.63) is 45.6 Å². The number of nitrogens with zero attached hydrogens (tertiary/aromatic N) is 2. The van der Waals surface area contributed by atoms with E-state index in [0.717, 1.165) is 4.88 Å². The van der Waals surface area contributed by atoms with Gasteiger partial charge in [-0.05, 0) is 41.9 Å². The van der Waals surface area contributed by atoms with Gasteiger partial charge in [0.1, 0.15) is 0 Å². The second-order valence-electron chi connectivity index (χ2n) is 5.50. The highest BCUT2D eigenvalue weighted by Gasteiger charge is 2.26. The maximum atomic E-state index is 12.8. The van der Waals surface area contributed by atoms with Gasteiger partial charge in [0.25, 0.3) is 0 Å².